The van der Waals surface area contributed by atoms with Gasteiger partial charge in [-0.05, 0) is 65.0 Å². The molecule has 0 radical (unpaired) electrons. The zero-order valence-corrected chi connectivity index (χ0v) is 18.0. The number of benzene rings is 2. The number of hydrogen-bond donors (Lipinski definition) is 1. The largest absolute Gasteiger partial charge is 0.490 e. The Labute approximate surface area is 176 Å². The molecule has 0 fully saturated rings. The van der Waals surface area contributed by atoms with Crippen LogP contribution < -0.4 is 14.8 Å². The van der Waals surface area contributed by atoms with E-state index < -0.39 is 0 Å². The quantitative estimate of drug-likeness (QED) is 0.622. The summed E-state index contributed by atoms with van der Waals surface area (Å²) in [5.41, 5.74) is 2.42. The van der Waals surface area contributed by atoms with Crippen molar-refractivity contribution in [3.8, 4) is 34.3 Å². The molecular formula is C23H27N3O4. The second-order valence-electron chi connectivity index (χ2n) is 7.97. The molecule has 1 heterocycles. The highest BCUT2D eigenvalue weighted by Gasteiger charge is 2.17. The summed E-state index contributed by atoms with van der Waals surface area (Å²) in [4.78, 5) is 16.5. The number of ether oxygens (including phenoxy) is 2. The molecular weight excluding hydrogens is 382 g/mol. The summed E-state index contributed by atoms with van der Waals surface area (Å²) in [6.45, 7) is 10.0. The second-order valence-corrected chi connectivity index (χ2v) is 7.97. The van der Waals surface area contributed by atoms with Crippen LogP contribution in [0.3, 0.4) is 0 Å². The van der Waals surface area contributed by atoms with Crippen LogP contribution in [0.15, 0.2) is 47.0 Å². The molecule has 1 N–H and O–H groups in total. The van der Waals surface area contributed by atoms with Crippen LogP contribution in [0, 0.1) is 6.92 Å². The Morgan fingerprint density at radius 3 is 2.40 bits per heavy atom. The van der Waals surface area contributed by atoms with E-state index in [2.05, 4.69) is 15.5 Å². The fourth-order valence-corrected chi connectivity index (χ4v) is 2.79. The maximum Gasteiger partial charge on any atom is 0.258 e. The molecule has 0 unspecified atom stereocenters. The van der Waals surface area contributed by atoms with Crippen molar-refractivity contribution in [1.82, 2.24) is 15.5 Å². The predicted molar refractivity (Wildman–Crippen MR) is 114 cm³/mol. The van der Waals surface area contributed by atoms with Crippen molar-refractivity contribution in [2.75, 3.05) is 13.2 Å². The molecule has 1 amide bonds. The maximum atomic E-state index is 12.0. The van der Waals surface area contributed by atoms with Crippen LogP contribution in [-0.2, 0) is 4.79 Å². The van der Waals surface area contributed by atoms with Crippen molar-refractivity contribution < 1.29 is 18.8 Å². The lowest BCUT2D eigenvalue weighted by Crippen LogP contribution is -2.43. The molecule has 158 valence electrons. The van der Waals surface area contributed by atoms with Crippen LogP contribution in [-0.4, -0.2) is 34.8 Å². The molecule has 0 atom stereocenters. The SMILES string of the molecule is CCOc1cc(-c2noc(-c3ccc(C)cc3)n2)ccc1OCC(=O)NC(C)(C)C. The predicted octanol–water partition coefficient (Wildman–Crippen LogP) is 4.40. The molecule has 3 aromatic rings. The van der Waals surface area contributed by atoms with Gasteiger partial charge in [0.2, 0.25) is 5.82 Å². The molecule has 0 spiro atoms. The number of hydrogen-bond acceptors (Lipinski definition) is 6. The molecule has 7 heteroatoms. The number of nitrogens with one attached hydrogen (secondary N) is 1. The van der Waals surface area contributed by atoms with Gasteiger partial charge in [0.1, 0.15) is 0 Å². The lowest BCUT2D eigenvalue weighted by atomic mass is 10.1. The minimum Gasteiger partial charge on any atom is -0.490 e. The highest BCUT2D eigenvalue weighted by molar-refractivity contribution is 5.78. The molecule has 7 nitrogen and oxygen atoms in total. The van der Waals surface area contributed by atoms with E-state index in [0.717, 1.165) is 16.7 Å². The van der Waals surface area contributed by atoms with Crippen molar-refractivity contribution in [1.29, 1.82) is 0 Å². The third-order valence-electron chi connectivity index (χ3n) is 4.10. The second kappa shape index (κ2) is 8.98. The first-order valence-electron chi connectivity index (χ1n) is 9.87. The average molecular weight is 409 g/mol. The average Bonchev–Trinajstić information content (AvgIpc) is 3.16. The number of aromatic nitrogens is 2. The zero-order chi connectivity index (χ0) is 21.7. The first kappa shape index (κ1) is 21.4. The standard InChI is InChI=1S/C23H27N3O4/c1-6-28-19-13-17(11-12-18(19)29-14-20(27)25-23(3,4)5)21-24-22(30-26-21)16-9-7-15(2)8-10-16/h7-13H,6,14H2,1-5H3,(H,25,27). The lowest BCUT2D eigenvalue weighted by molar-refractivity contribution is -0.124. The monoisotopic (exact) mass is 409 g/mol. The van der Waals surface area contributed by atoms with Crippen molar-refractivity contribution in [2.45, 2.75) is 40.2 Å². The lowest BCUT2D eigenvalue weighted by Gasteiger charge is -2.20. The van der Waals surface area contributed by atoms with Gasteiger partial charge >= 0.3 is 0 Å². The van der Waals surface area contributed by atoms with E-state index >= 15 is 0 Å². The van der Waals surface area contributed by atoms with Crippen LogP contribution in [0.2, 0.25) is 0 Å². The number of carbonyl (C=O) groups excluding carboxylic acids is 1. The Balaban J connectivity index is 1.78. The molecule has 1 aromatic heterocycles. The van der Waals surface area contributed by atoms with Crippen LogP contribution >= 0.6 is 0 Å². The molecule has 0 aliphatic carbocycles. The van der Waals surface area contributed by atoms with Crippen LogP contribution in [0.4, 0.5) is 0 Å². The summed E-state index contributed by atoms with van der Waals surface area (Å²) < 4.78 is 16.8. The van der Waals surface area contributed by atoms with Gasteiger partial charge < -0.3 is 19.3 Å². The Kier molecular flexibility index (Phi) is 6.40. The minimum absolute atomic E-state index is 0.101. The van der Waals surface area contributed by atoms with Gasteiger partial charge in [-0.15, -0.1) is 0 Å². The van der Waals surface area contributed by atoms with Crippen LogP contribution in [0.25, 0.3) is 22.8 Å². The Hall–Kier alpha value is -3.35. The molecule has 0 saturated heterocycles. The van der Waals surface area contributed by atoms with Gasteiger partial charge in [0.05, 0.1) is 6.61 Å². The van der Waals surface area contributed by atoms with Gasteiger partial charge in [-0.1, -0.05) is 22.9 Å². The van der Waals surface area contributed by atoms with Gasteiger partial charge in [0.15, 0.2) is 18.1 Å². The van der Waals surface area contributed by atoms with Crippen LogP contribution in [0.1, 0.15) is 33.3 Å². The van der Waals surface area contributed by atoms with Gasteiger partial charge in [0.25, 0.3) is 11.8 Å². The fraction of sp³-hybridized carbons (Fsp3) is 0.348. The smallest absolute Gasteiger partial charge is 0.258 e. The first-order chi connectivity index (χ1) is 14.2. The summed E-state index contributed by atoms with van der Waals surface area (Å²) in [5.74, 6) is 1.69. The molecule has 3 rings (SSSR count). The molecule has 0 aliphatic heterocycles. The Morgan fingerprint density at radius 1 is 1.03 bits per heavy atom. The molecule has 0 bridgehead atoms. The third kappa shape index (κ3) is 5.59. The van der Waals surface area contributed by atoms with Crippen molar-refractivity contribution in [3.05, 3.63) is 48.0 Å². The Bertz CT molecular complexity index is 1000. The van der Waals surface area contributed by atoms with E-state index in [4.69, 9.17) is 14.0 Å². The zero-order valence-electron chi connectivity index (χ0n) is 18.0. The maximum absolute atomic E-state index is 12.0. The van der Waals surface area contributed by atoms with E-state index in [-0.39, 0.29) is 18.1 Å². The summed E-state index contributed by atoms with van der Waals surface area (Å²) in [6, 6.07) is 13.2. The summed E-state index contributed by atoms with van der Waals surface area (Å²) >= 11 is 0. The summed E-state index contributed by atoms with van der Waals surface area (Å²) in [5, 5.41) is 6.95. The van der Waals surface area contributed by atoms with Crippen molar-refractivity contribution in [2.24, 2.45) is 0 Å². The van der Waals surface area contributed by atoms with Crippen molar-refractivity contribution in [3.63, 3.8) is 0 Å². The summed E-state index contributed by atoms with van der Waals surface area (Å²) in [6.07, 6.45) is 0. The summed E-state index contributed by atoms with van der Waals surface area (Å²) in [7, 11) is 0. The van der Waals surface area contributed by atoms with E-state index in [9.17, 15) is 4.79 Å². The normalized spacial score (nSPS) is 11.2. The van der Waals surface area contributed by atoms with Gasteiger partial charge in [-0.25, -0.2) is 0 Å². The van der Waals surface area contributed by atoms with Gasteiger partial charge in [0, 0.05) is 16.7 Å². The van der Waals surface area contributed by atoms with Gasteiger partial charge in [-0.3, -0.25) is 4.79 Å². The van der Waals surface area contributed by atoms with E-state index in [0.29, 0.717) is 29.8 Å². The number of aryl methyl sites for hydroxylation is 1. The number of nitrogens with zero attached hydrogens (tertiary/aromatic N) is 2. The number of carbonyl (C=O) groups is 1. The van der Waals surface area contributed by atoms with E-state index in [1.807, 2.05) is 65.0 Å². The first-order valence-corrected chi connectivity index (χ1v) is 9.87. The molecule has 0 aliphatic rings. The van der Waals surface area contributed by atoms with E-state index in [1.54, 1.807) is 12.1 Å². The number of amides is 1. The van der Waals surface area contributed by atoms with Crippen LogP contribution in [0.5, 0.6) is 11.5 Å². The molecule has 30 heavy (non-hydrogen) atoms. The minimum atomic E-state index is -0.319. The fourth-order valence-electron chi connectivity index (χ4n) is 2.79. The Morgan fingerprint density at radius 2 is 1.73 bits per heavy atom. The van der Waals surface area contributed by atoms with Crippen molar-refractivity contribution >= 4 is 5.91 Å². The molecule has 2 aromatic carbocycles. The number of rotatable bonds is 7. The highest BCUT2D eigenvalue weighted by Crippen LogP contribution is 2.32. The third-order valence-corrected chi connectivity index (χ3v) is 4.10. The molecule has 0 saturated carbocycles. The highest BCUT2D eigenvalue weighted by atomic mass is 16.5. The van der Waals surface area contributed by atoms with E-state index in [1.165, 1.54) is 0 Å². The topological polar surface area (TPSA) is 86.5 Å². The van der Waals surface area contributed by atoms with Gasteiger partial charge in [-0.2, -0.15) is 4.98 Å².